The number of hydrogen-bond acceptors (Lipinski definition) is 4. The number of nitrogens with one attached hydrogen (secondary N) is 1. The van der Waals surface area contributed by atoms with E-state index in [2.05, 4.69) is 5.32 Å². The van der Waals surface area contributed by atoms with Crippen molar-refractivity contribution in [2.24, 2.45) is 14.1 Å². The van der Waals surface area contributed by atoms with E-state index >= 15 is 0 Å². The van der Waals surface area contributed by atoms with Crippen LogP contribution in [0, 0.1) is 0 Å². The summed E-state index contributed by atoms with van der Waals surface area (Å²) in [5.41, 5.74) is 0.0696. The van der Waals surface area contributed by atoms with Crippen molar-refractivity contribution in [2.75, 3.05) is 13.7 Å². The van der Waals surface area contributed by atoms with Crippen LogP contribution in [0.15, 0.2) is 15.7 Å². The molecule has 0 saturated carbocycles. The molecule has 0 bridgehead atoms. The van der Waals surface area contributed by atoms with Crippen LogP contribution in [0.25, 0.3) is 0 Å². The van der Waals surface area contributed by atoms with E-state index in [9.17, 15) is 9.59 Å². The lowest BCUT2D eigenvalue weighted by Gasteiger charge is -2.13. The molecular weight excluding hydrogens is 222 g/mol. The van der Waals surface area contributed by atoms with Gasteiger partial charge in [0, 0.05) is 46.1 Å². The van der Waals surface area contributed by atoms with Crippen molar-refractivity contribution in [2.45, 2.75) is 19.6 Å². The molecule has 0 aliphatic rings. The highest BCUT2D eigenvalue weighted by atomic mass is 16.5. The van der Waals surface area contributed by atoms with Gasteiger partial charge in [0.15, 0.2) is 0 Å². The highest BCUT2D eigenvalue weighted by Gasteiger charge is 2.06. The van der Waals surface area contributed by atoms with Crippen LogP contribution < -0.4 is 16.6 Å². The first kappa shape index (κ1) is 13.7. The molecule has 1 aromatic heterocycles. The van der Waals surface area contributed by atoms with Gasteiger partial charge in [-0.05, 0) is 6.92 Å². The van der Waals surface area contributed by atoms with Gasteiger partial charge in [-0.1, -0.05) is 0 Å². The van der Waals surface area contributed by atoms with Crippen LogP contribution in [-0.4, -0.2) is 28.9 Å². The Labute approximate surface area is 99.8 Å². The van der Waals surface area contributed by atoms with E-state index in [1.165, 1.54) is 17.7 Å². The number of ether oxygens (including phenoxy) is 1. The first-order valence-corrected chi connectivity index (χ1v) is 5.46. The lowest BCUT2D eigenvalue weighted by atomic mass is 10.3. The monoisotopic (exact) mass is 241 g/mol. The lowest BCUT2D eigenvalue weighted by molar-refractivity contribution is 0.117. The summed E-state index contributed by atoms with van der Waals surface area (Å²) in [4.78, 5) is 23.1. The highest BCUT2D eigenvalue weighted by molar-refractivity contribution is 5.01. The molecular formula is C11H19N3O3. The molecule has 1 unspecified atom stereocenters. The third-order valence-electron chi connectivity index (χ3n) is 2.77. The van der Waals surface area contributed by atoms with Crippen molar-refractivity contribution in [3.8, 4) is 0 Å². The molecule has 1 atom stereocenters. The third-order valence-corrected chi connectivity index (χ3v) is 2.77. The topological polar surface area (TPSA) is 65.3 Å². The Balaban J connectivity index is 2.79. The fraction of sp³-hybridized carbons (Fsp3) is 0.636. The van der Waals surface area contributed by atoms with Gasteiger partial charge in [-0.15, -0.1) is 0 Å². The molecule has 1 heterocycles. The van der Waals surface area contributed by atoms with Gasteiger partial charge in [-0.2, -0.15) is 0 Å². The highest BCUT2D eigenvalue weighted by Crippen LogP contribution is 1.91. The second-order valence-corrected chi connectivity index (χ2v) is 4.05. The van der Waals surface area contributed by atoms with Crippen molar-refractivity contribution in [1.82, 2.24) is 14.5 Å². The molecule has 17 heavy (non-hydrogen) atoms. The lowest BCUT2D eigenvalue weighted by Crippen LogP contribution is -2.39. The van der Waals surface area contributed by atoms with Crippen molar-refractivity contribution in [3.05, 3.63) is 32.6 Å². The van der Waals surface area contributed by atoms with E-state index in [1.807, 2.05) is 6.92 Å². The van der Waals surface area contributed by atoms with Crippen LogP contribution in [0.5, 0.6) is 0 Å². The summed E-state index contributed by atoms with van der Waals surface area (Å²) < 4.78 is 7.64. The molecule has 0 aliphatic heterocycles. The summed E-state index contributed by atoms with van der Waals surface area (Å²) >= 11 is 0. The first-order valence-electron chi connectivity index (χ1n) is 5.46. The molecule has 1 aromatic rings. The number of hydrogen-bond donors (Lipinski definition) is 1. The number of rotatable bonds is 5. The average molecular weight is 241 g/mol. The molecule has 0 saturated heterocycles. The molecule has 96 valence electrons. The molecule has 0 amide bonds. The standard InChI is InChI=1S/C11H19N3O3/c1-8(17-4)6-12-7-9-5-10(15)14(3)11(16)13(9)2/h5,8,12H,6-7H2,1-4H3. The zero-order valence-corrected chi connectivity index (χ0v) is 10.7. The van der Waals surface area contributed by atoms with Gasteiger partial charge in [0.05, 0.1) is 6.10 Å². The maximum Gasteiger partial charge on any atom is 0.330 e. The Morgan fingerprint density at radius 2 is 2.00 bits per heavy atom. The zero-order chi connectivity index (χ0) is 13.0. The maximum atomic E-state index is 11.6. The molecule has 1 rings (SSSR count). The van der Waals surface area contributed by atoms with Gasteiger partial charge < -0.3 is 10.1 Å². The van der Waals surface area contributed by atoms with Crippen LogP contribution in [-0.2, 0) is 25.4 Å². The predicted molar refractivity (Wildman–Crippen MR) is 65.1 cm³/mol. The van der Waals surface area contributed by atoms with Crippen LogP contribution in [0.4, 0.5) is 0 Å². The minimum absolute atomic E-state index is 0.0959. The van der Waals surface area contributed by atoms with Crippen LogP contribution in [0.1, 0.15) is 12.6 Å². The Kier molecular flexibility index (Phi) is 4.65. The van der Waals surface area contributed by atoms with Crippen molar-refractivity contribution in [1.29, 1.82) is 0 Å². The summed E-state index contributed by atoms with van der Waals surface area (Å²) in [7, 11) is 4.76. The van der Waals surface area contributed by atoms with Gasteiger partial charge in [0.2, 0.25) is 0 Å². The summed E-state index contributed by atoms with van der Waals surface area (Å²) in [6.45, 7) is 3.07. The largest absolute Gasteiger partial charge is 0.380 e. The number of nitrogens with zero attached hydrogens (tertiary/aromatic N) is 2. The molecule has 0 radical (unpaired) electrons. The van der Waals surface area contributed by atoms with E-state index in [0.717, 1.165) is 4.57 Å². The van der Waals surface area contributed by atoms with E-state index in [-0.39, 0.29) is 17.4 Å². The maximum absolute atomic E-state index is 11.6. The molecule has 0 fully saturated rings. The van der Waals surface area contributed by atoms with Gasteiger partial charge in [-0.3, -0.25) is 13.9 Å². The van der Waals surface area contributed by atoms with Gasteiger partial charge in [0.25, 0.3) is 5.56 Å². The van der Waals surface area contributed by atoms with Gasteiger partial charge in [-0.25, -0.2) is 4.79 Å². The Morgan fingerprint density at radius 3 is 2.59 bits per heavy atom. The molecule has 6 heteroatoms. The second-order valence-electron chi connectivity index (χ2n) is 4.05. The van der Waals surface area contributed by atoms with Crippen LogP contribution in [0.3, 0.4) is 0 Å². The number of aromatic nitrogens is 2. The smallest absolute Gasteiger partial charge is 0.330 e. The van der Waals surface area contributed by atoms with Gasteiger partial charge in [0.1, 0.15) is 0 Å². The number of methoxy groups -OCH3 is 1. The summed E-state index contributed by atoms with van der Waals surface area (Å²) in [6, 6.07) is 1.46. The quantitative estimate of drug-likeness (QED) is 0.733. The molecule has 0 spiro atoms. The Bertz CT molecular complexity index is 490. The minimum atomic E-state index is -0.311. The second kappa shape index (κ2) is 5.79. The normalized spacial score (nSPS) is 12.7. The fourth-order valence-corrected chi connectivity index (χ4v) is 1.43. The third kappa shape index (κ3) is 3.28. The predicted octanol–water partition coefficient (Wildman–Crippen LogP) is -0.791. The fourth-order valence-electron chi connectivity index (χ4n) is 1.43. The molecule has 0 aromatic carbocycles. The van der Waals surface area contributed by atoms with Crippen LogP contribution >= 0.6 is 0 Å². The minimum Gasteiger partial charge on any atom is -0.380 e. The SMILES string of the molecule is COC(C)CNCc1cc(=O)n(C)c(=O)n1C. The summed E-state index contributed by atoms with van der Waals surface area (Å²) in [5, 5.41) is 3.13. The zero-order valence-electron chi connectivity index (χ0n) is 10.7. The van der Waals surface area contributed by atoms with E-state index < -0.39 is 0 Å². The van der Waals surface area contributed by atoms with E-state index in [4.69, 9.17) is 4.74 Å². The Hall–Kier alpha value is -1.40. The molecule has 1 N–H and O–H groups in total. The molecule has 6 nitrogen and oxygen atoms in total. The van der Waals surface area contributed by atoms with Crippen LogP contribution in [0.2, 0.25) is 0 Å². The van der Waals surface area contributed by atoms with Crippen molar-refractivity contribution >= 4 is 0 Å². The average Bonchev–Trinajstić information content (AvgIpc) is 2.32. The van der Waals surface area contributed by atoms with Gasteiger partial charge >= 0.3 is 5.69 Å². The van der Waals surface area contributed by atoms with Crippen molar-refractivity contribution < 1.29 is 4.74 Å². The van der Waals surface area contributed by atoms with E-state index in [0.29, 0.717) is 18.8 Å². The van der Waals surface area contributed by atoms with Crippen molar-refractivity contribution in [3.63, 3.8) is 0 Å². The summed E-state index contributed by atoms with van der Waals surface area (Å²) in [5.74, 6) is 0. The Morgan fingerprint density at radius 1 is 1.35 bits per heavy atom. The summed E-state index contributed by atoms with van der Waals surface area (Å²) in [6.07, 6.45) is 0.0959. The van der Waals surface area contributed by atoms with E-state index in [1.54, 1.807) is 14.2 Å². The first-order chi connectivity index (χ1) is 7.97. The molecule has 0 aliphatic carbocycles.